The zero-order valence-electron chi connectivity index (χ0n) is 18.5. The van der Waals surface area contributed by atoms with Crippen LogP contribution in [-0.4, -0.2) is 41.9 Å². The van der Waals surface area contributed by atoms with E-state index in [2.05, 4.69) is 79.1 Å². The first-order valence-corrected chi connectivity index (χ1v) is 13.5. The predicted octanol–water partition coefficient (Wildman–Crippen LogP) is 5.32. The molecular formula is C23H37N3OSi. The molecule has 0 amide bonds. The van der Waals surface area contributed by atoms with Crippen LogP contribution in [0.15, 0.2) is 36.5 Å². The van der Waals surface area contributed by atoms with Crippen molar-refractivity contribution in [3.63, 3.8) is 0 Å². The zero-order valence-corrected chi connectivity index (χ0v) is 19.5. The molecule has 1 aliphatic heterocycles. The van der Waals surface area contributed by atoms with Gasteiger partial charge in [-0.05, 0) is 49.9 Å². The van der Waals surface area contributed by atoms with E-state index in [9.17, 15) is 0 Å². The van der Waals surface area contributed by atoms with Crippen LogP contribution in [0.25, 0.3) is 0 Å². The molecule has 2 aromatic rings. The van der Waals surface area contributed by atoms with Crippen molar-refractivity contribution < 1.29 is 4.43 Å². The molecule has 0 radical (unpaired) electrons. The van der Waals surface area contributed by atoms with Gasteiger partial charge >= 0.3 is 0 Å². The Morgan fingerprint density at radius 2 is 1.93 bits per heavy atom. The largest absolute Gasteiger partial charge is 0.413 e. The highest BCUT2D eigenvalue weighted by Gasteiger charge is 2.42. The number of aryl methyl sites for hydroxylation is 2. The number of rotatable bonds is 7. The summed E-state index contributed by atoms with van der Waals surface area (Å²) in [5, 5.41) is 0.253. The molecule has 0 saturated carbocycles. The van der Waals surface area contributed by atoms with E-state index in [-0.39, 0.29) is 5.04 Å². The Hall–Kier alpha value is -1.43. The SMILES string of the molecule is Cc1ncc(CC[C@@H]2C[C@@H](O[Si](C)(C)C(C)(C)C)CN2Cc2ccccc2)[nH]1. The van der Waals surface area contributed by atoms with Crippen molar-refractivity contribution in [2.75, 3.05) is 6.54 Å². The highest BCUT2D eigenvalue weighted by Crippen LogP contribution is 2.39. The predicted molar refractivity (Wildman–Crippen MR) is 119 cm³/mol. The van der Waals surface area contributed by atoms with Gasteiger partial charge < -0.3 is 9.41 Å². The monoisotopic (exact) mass is 399 g/mol. The first-order chi connectivity index (χ1) is 13.1. The molecule has 2 heterocycles. The summed E-state index contributed by atoms with van der Waals surface area (Å²) in [4.78, 5) is 10.4. The van der Waals surface area contributed by atoms with E-state index >= 15 is 0 Å². The fourth-order valence-corrected chi connectivity index (χ4v) is 5.21. The van der Waals surface area contributed by atoms with Gasteiger partial charge in [0.15, 0.2) is 8.32 Å². The molecule has 0 bridgehead atoms. The molecule has 0 aliphatic carbocycles. The molecule has 1 aromatic carbocycles. The number of nitrogens with zero attached hydrogens (tertiary/aromatic N) is 2. The highest BCUT2D eigenvalue weighted by molar-refractivity contribution is 6.74. The number of benzene rings is 1. The average Bonchev–Trinajstić information content (AvgIpc) is 3.18. The molecule has 1 aliphatic rings. The molecule has 5 heteroatoms. The number of likely N-dealkylation sites (tertiary alicyclic amines) is 1. The number of imidazole rings is 1. The molecule has 0 unspecified atom stereocenters. The summed E-state index contributed by atoms with van der Waals surface area (Å²) < 4.78 is 6.79. The highest BCUT2D eigenvalue weighted by atomic mass is 28.4. The van der Waals surface area contributed by atoms with E-state index < -0.39 is 8.32 Å². The van der Waals surface area contributed by atoms with Crippen LogP contribution >= 0.6 is 0 Å². The second-order valence-electron chi connectivity index (χ2n) is 9.84. The lowest BCUT2D eigenvalue weighted by Gasteiger charge is -2.38. The van der Waals surface area contributed by atoms with Crippen molar-refractivity contribution in [2.45, 2.75) is 83.8 Å². The fourth-order valence-electron chi connectivity index (χ4n) is 3.85. The van der Waals surface area contributed by atoms with Crippen molar-refractivity contribution in [3.8, 4) is 0 Å². The summed E-state index contributed by atoms with van der Waals surface area (Å²) in [5.74, 6) is 1.00. The maximum Gasteiger partial charge on any atom is 0.192 e. The van der Waals surface area contributed by atoms with Crippen molar-refractivity contribution in [1.29, 1.82) is 0 Å². The third-order valence-electron chi connectivity index (χ3n) is 6.49. The van der Waals surface area contributed by atoms with E-state index in [1.54, 1.807) is 0 Å². The van der Waals surface area contributed by atoms with E-state index in [1.807, 2.05) is 13.1 Å². The summed E-state index contributed by atoms with van der Waals surface area (Å²) >= 11 is 0. The van der Waals surface area contributed by atoms with Crippen LogP contribution in [0.5, 0.6) is 0 Å². The first kappa shape index (κ1) is 21.3. The Bertz CT molecular complexity index is 751. The molecule has 4 nitrogen and oxygen atoms in total. The molecule has 3 rings (SSSR count). The van der Waals surface area contributed by atoms with Gasteiger partial charge in [-0.1, -0.05) is 51.1 Å². The Morgan fingerprint density at radius 3 is 2.54 bits per heavy atom. The minimum absolute atomic E-state index is 0.253. The quantitative estimate of drug-likeness (QED) is 0.641. The number of nitrogens with one attached hydrogen (secondary N) is 1. The fraction of sp³-hybridized carbons (Fsp3) is 0.609. The Balaban J connectivity index is 1.68. The lowest BCUT2D eigenvalue weighted by Crippen LogP contribution is -2.44. The van der Waals surface area contributed by atoms with Gasteiger partial charge in [0.05, 0.1) is 6.10 Å². The third-order valence-corrected chi connectivity index (χ3v) is 11.0. The summed E-state index contributed by atoms with van der Waals surface area (Å²) in [6, 6.07) is 11.4. The maximum absolute atomic E-state index is 6.79. The molecular weight excluding hydrogens is 362 g/mol. The summed E-state index contributed by atoms with van der Waals surface area (Å²) in [6.07, 6.45) is 5.65. The molecule has 154 valence electrons. The molecule has 1 aromatic heterocycles. The number of aromatic nitrogens is 2. The van der Waals surface area contributed by atoms with Crippen molar-refractivity contribution in [1.82, 2.24) is 14.9 Å². The Labute approximate surface area is 171 Å². The van der Waals surface area contributed by atoms with E-state index in [1.165, 1.54) is 11.3 Å². The molecule has 1 fully saturated rings. The number of hydrogen-bond donors (Lipinski definition) is 1. The van der Waals surface area contributed by atoms with Crippen LogP contribution in [0.3, 0.4) is 0 Å². The molecule has 0 spiro atoms. The summed E-state index contributed by atoms with van der Waals surface area (Å²) in [5.41, 5.74) is 2.63. The van der Waals surface area contributed by atoms with Crippen LogP contribution in [0, 0.1) is 6.92 Å². The van der Waals surface area contributed by atoms with Gasteiger partial charge in [-0.15, -0.1) is 0 Å². The van der Waals surface area contributed by atoms with E-state index in [0.29, 0.717) is 12.1 Å². The van der Waals surface area contributed by atoms with Crippen LogP contribution < -0.4 is 0 Å². The van der Waals surface area contributed by atoms with Crippen LogP contribution in [-0.2, 0) is 17.4 Å². The van der Waals surface area contributed by atoms with Gasteiger partial charge in [-0.3, -0.25) is 4.90 Å². The van der Waals surface area contributed by atoms with Crippen molar-refractivity contribution >= 4 is 8.32 Å². The smallest absolute Gasteiger partial charge is 0.192 e. The van der Waals surface area contributed by atoms with Crippen molar-refractivity contribution in [2.24, 2.45) is 0 Å². The van der Waals surface area contributed by atoms with E-state index in [4.69, 9.17) is 4.43 Å². The lowest BCUT2D eigenvalue weighted by molar-refractivity contribution is 0.176. The minimum atomic E-state index is -1.75. The Kier molecular flexibility index (Phi) is 6.47. The lowest BCUT2D eigenvalue weighted by atomic mass is 10.1. The second kappa shape index (κ2) is 8.52. The standard InChI is InChI=1S/C23H37N3OSi/c1-18-24-15-20(25-18)12-13-21-14-22(27-28(5,6)23(2,3)4)17-26(21)16-19-10-8-7-9-11-19/h7-11,15,21-22H,12-14,16-17H2,1-6H3,(H,24,25)/t21-,22-/m1/s1. The zero-order chi connectivity index (χ0) is 20.4. The normalized spacial score (nSPS) is 21.4. The van der Waals surface area contributed by atoms with Gasteiger partial charge in [0.25, 0.3) is 0 Å². The minimum Gasteiger partial charge on any atom is -0.413 e. The number of hydrogen-bond acceptors (Lipinski definition) is 3. The summed E-state index contributed by atoms with van der Waals surface area (Å²) in [7, 11) is -1.75. The topological polar surface area (TPSA) is 41.1 Å². The molecule has 2 atom stereocenters. The first-order valence-electron chi connectivity index (χ1n) is 10.6. The van der Waals surface area contributed by atoms with E-state index in [0.717, 1.165) is 38.2 Å². The second-order valence-corrected chi connectivity index (χ2v) is 14.6. The van der Waals surface area contributed by atoms with Gasteiger partial charge in [0.1, 0.15) is 5.82 Å². The number of aromatic amines is 1. The average molecular weight is 400 g/mol. The molecule has 1 saturated heterocycles. The Morgan fingerprint density at radius 1 is 1.21 bits per heavy atom. The van der Waals surface area contributed by atoms with Crippen molar-refractivity contribution in [3.05, 3.63) is 53.6 Å². The molecule has 28 heavy (non-hydrogen) atoms. The number of H-pyrrole nitrogens is 1. The van der Waals surface area contributed by atoms with Gasteiger partial charge in [-0.25, -0.2) is 4.98 Å². The van der Waals surface area contributed by atoms with Gasteiger partial charge in [0, 0.05) is 31.0 Å². The summed E-state index contributed by atoms with van der Waals surface area (Å²) in [6.45, 7) is 15.8. The third kappa shape index (κ3) is 5.34. The van der Waals surface area contributed by atoms with Gasteiger partial charge in [0.2, 0.25) is 0 Å². The van der Waals surface area contributed by atoms with Crippen LogP contribution in [0.1, 0.15) is 50.7 Å². The van der Waals surface area contributed by atoms with Crippen LogP contribution in [0.2, 0.25) is 18.1 Å². The van der Waals surface area contributed by atoms with Gasteiger partial charge in [-0.2, -0.15) is 0 Å². The van der Waals surface area contributed by atoms with Crippen LogP contribution in [0.4, 0.5) is 0 Å². The molecule has 1 N–H and O–H groups in total. The maximum atomic E-state index is 6.79.